The maximum Gasteiger partial charge on any atom is 0.357 e. The van der Waals surface area contributed by atoms with E-state index >= 15 is 0 Å². The number of nitrogens with zero attached hydrogens (tertiary/aromatic N) is 3. The molecule has 0 saturated carbocycles. The van der Waals surface area contributed by atoms with E-state index in [0.29, 0.717) is 5.56 Å². The number of anilines is 1. The van der Waals surface area contributed by atoms with E-state index in [0.717, 1.165) is 16.3 Å². The fourth-order valence-corrected chi connectivity index (χ4v) is 5.38. The number of hydrogen-bond acceptors (Lipinski definition) is 11. The summed E-state index contributed by atoms with van der Waals surface area (Å²) in [7, 11) is 0. The molecule has 2 N–H and O–H groups in total. The zero-order valence-electron chi connectivity index (χ0n) is 21.2. The Balaban J connectivity index is 2.10. The minimum Gasteiger partial charge on any atom is -0.462 e. The Morgan fingerprint density at radius 1 is 1.00 bits per heavy atom. The van der Waals surface area contributed by atoms with Gasteiger partial charge in [-0.05, 0) is 31.1 Å². The molecule has 1 aromatic heterocycles. The molecule has 13 nitrogen and oxygen atoms in total. The third-order valence-electron chi connectivity index (χ3n) is 5.85. The fourth-order valence-electron chi connectivity index (χ4n) is 4.19. The molecule has 4 rings (SSSR count). The molecule has 0 unspecified atom stereocenters. The van der Waals surface area contributed by atoms with Crippen LogP contribution in [0.15, 0.2) is 48.5 Å². The average Bonchev–Trinajstić information content (AvgIpc) is 3.21. The summed E-state index contributed by atoms with van der Waals surface area (Å²) >= 11 is 0.797. The van der Waals surface area contributed by atoms with E-state index in [9.17, 15) is 34.6 Å². The third-order valence-corrected chi connectivity index (χ3v) is 7.15. The number of esters is 2. The van der Waals surface area contributed by atoms with Crippen molar-refractivity contribution in [3.63, 3.8) is 0 Å². The largest absolute Gasteiger partial charge is 0.462 e. The number of fused-ring (bicyclic) bond motifs is 1. The predicted molar refractivity (Wildman–Crippen MR) is 145 cm³/mol. The Morgan fingerprint density at radius 2 is 1.60 bits per heavy atom. The Kier molecular flexibility index (Phi) is 8.00. The third kappa shape index (κ3) is 5.16. The minimum absolute atomic E-state index is 0.0107. The van der Waals surface area contributed by atoms with E-state index in [1.165, 1.54) is 48.5 Å². The Morgan fingerprint density at radius 3 is 2.23 bits per heavy atom. The van der Waals surface area contributed by atoms with Gasteiger partial charge in [-0.1, -0.05) is 36.0 Å². The van der Waals surface area contributed by atoms with Gasteiger partial charge in [0.15, 0.2) is 5.69 Å². The number of nitrogens with two attached hydrogens (primary N) is 1. The number of rotatable bonds is 8. The van der Waals surface area contributed by atoms with Gasteiger partial charge < -0.3 is 15.2 Å². The molecule has 1 aliphatic rings. The van der Waals surface area contributed by atoms with Crippen molar-refractivity contribution in [2.75, 3.05) is 18.9 Å². The summed E-state index contributed by atoms with van der Waals surface area (Å²) in [5.74, 6) is -2.47. The molecule has 0 saturated heterocycles. The zero-order valence-corrected chi connectivity index (χ0v) is 22.0. The summed E-state index contributed by atoms with van der Waals surface area (Å²) in [5.41, 5.74) is 5.89. The van der Waals surface area contributed by atoms with Crippen LogP contribution in [0.2, 0.25) is 0 Å². The summed E-state index contributed by atoms with van der Waals surface area (Å²) in [6, 6.07) is 10.9. The molecular formula is C26H22N4O9S. The smallest absolute Gasteiger partial charge is 0.357 e. The van der Waals surface area contributed by atoms with Gasteiger partial charge in [0, 0.05) is 29.5 Å². The van der Waals surface area contributed by atoms with Crippen LogP contribution < -0.4 is 16.3 Å². The highest BCUT2D eigenvalue weighted by Gasteiger charge is 2.38. The van der Waals surface area contributed by atoms with Gasteiger partial charge in [-0.3, -0.25) is 29.6 Å². The molecule has 0 spiro atoms. The lowest BCUT2D eigenvalue weighted by atomic mass is 10.1. The van der Waals surface area contributed by atoms with Gasteiger partial charge >= 0.3 is 11.9 Å². The van der Waals surface area contributed by atoms with Gasteiger partial charge in [-0.15, -0.1) is 0 Å². The van der Waals surface area contributed by atoms with Crippen molar-refractivity contribution in [1.29, 1.82) is 0 Å². The molecule has 0 bridgehead atoms. The first-order valence-corrected chi connectivity index (χ1v) is 12.8. The number of nitro benzene ring substituents is 2. The van der Waals surface area contributed by atoms with Gasteiger partial charge in [0.25, 0.3) is 11.4 Å². The quantitative estimate of drug-likeness (QED) is 0.240. The van der Waals surface area contributed by atoms with Crippen LogP contribution in [-0.2, 0) is 14.3 Å². The fraction of sp³-hybridized carbons (Fsp3) is 0.192. The van der Waals surface area contributed by atoms with Crippen molar-refractivity contribution in [1.82, 2.24) is 4.57 Å². The molecule has 2 heterocycles. The van der Waals surface area contributed by atoms with E-state index in [1.807, 2.05) is 0 Å². The summed E-state index contributed by atoms with van der Waals surface area (Å²) in [4.78, 5) is 61.7. The van der Waals surface area contributed by atoms with Crippen molar-refractivity contribution < 1.29 is 33.7 Å². The van der Waals surface area contributed by atoms with Crippen molar-refractivity contribution in [3.8, 4) is 0 Å². The molecule has 0 aliphatic carbocycles. The predicted octanol–water partition coefficient (Wildman–Crippen LogP) is 2.69. The van der Waals surface area contributed by atoms with Crippen molar-refractivity contribution >= 4 is 57.7 Å². The molecule has 0 fully saturated rings. The maximum atomic E-state index is 14.0. The van der Waals surface area contributed by atoms with E-state index < -0.39 is 32.9 Å². The topological polar surface area (TPSA) is 187 Å². The second kappa shape index (κ2) is 11.4. The van der Waals surface area contributed by atoms with E-state index in [2.05, 4.69) is 0 Å². The summed E-state index contributed by atoms with van der Waals surface area (Å²) < 4.78 is 11.4. The molecule has 40 heavy (non-hydrogen) atoms. The standard InChI is InChI=1S/C26H22N4O9S/c1-3-38-25(32)21-19(27)18(12-14-7-5-9-16(11-14)29(34)35)20-23(26(33)39-4-2)40-22(24(31)28(20)21)15-8-6-10-17(13-15)30(36)37/h5-13,22H,3-4,27H2,1-2H3/b18-12+/t22-/m0/s1. The second-order valence-corrected chi connectivity index (χ2v) is 9.43. The van der Waals surface area contributed by atoms with Gasteiger partial charge in [0.2, 0.25) is 5.91 Å². The summed E-state index contributed by atoms with van der Waals surface area (Å²) in [5, 5.41) is 21.5. The summed E-state index contributed by atoms with van der Waals surface area (Å²) in [6.07, 6.45) is 1.41. The lowest BCUT2D eigenvalue weighted by molar-refractivity contribution is -0.385. The van der Waals surface area contributed by atoms with Gasteiger partial charge in [0.1, 0.15) is 10.2 Å². The van der Waals surface area contributed by atoms with Crippen LogP contribution in [0.3, 0.4) is 0 Å². The Hall–Kier alpha value is -4.98. The van der Waals surface area contributed by atoms with Crippen molar-refractivity contribution in [2.24, 2.45) is 0 Å². The molecule has 14 heteroatoms. The number of benzene rings is 2. The van der Waals surface area contributed by atoms with Gasteiger partial charge in [-0.2, -0.15) is 0 Å². The Labute approximate surface area is 230 Å². The number of carbonyl (C=O) groups excluding carboxylic acids is 3. The van der Waals surface area contributed by atoms with Crippen LogP contribution in [-0.4, -0.2) is 45.5 Å². The van der Waals surface area contributed by atoms with Crippen molar-refractivity contribution in [2.45, 2.75) is 19.1 Å². The molecular weight excluding hydrogens is 544 g/mol. The number of aromatic nitrogens is 1. The van der Waals surface area contributed by atoms with E-state index in [-0.39, 0.29) is 57.0 Å². The normalized spacial score (nSPS) is 14.9. The minimum atomic E-state index is -1.18. The molecule has 2 aromatic carbocycles. The van der Waals surface area contributed by atoms with Crippen LogP contribution in [0.4, 0.5) is 17.1 Å². The highest BCUT2D eigenvalue weighted by Crippen LogP contribution is 2.40. The number of carbonyl (C=O) groups is 3. The lowest BCUT2D eigenvalue weighted by Crippen LogP contribution is -2.42. The van der Waals surface area contributed by atoms with Crippen LogP contribution in [0.1, 0.15) is 45.5 Å². The number of hydrogen-bond donors (Lipinski definition) is 1. The molecule has 3 aromatic rings. The van der Waals surface area contributed by atoms with Crippen molar-refractivity contribution in [3.05, 3.63) is 96.1 Å². The first kappa shape index (κ1) is 28.0. The molecule has 0 amide bonds. The summed E-state index contributed by atoms with van der Waals surface area (Å²) in [6.45, 7) is 3.09. The number of nitrogen functional groups attached to an aromatic ring is 1. The van der Waals surface area contributed by atoms with Crippen LogP contribution >= 0.6 is 11.8 Å². The molecule has 206 valence electrons. The lowest BCUT2D eigenvalue weighted by Gasteiger charge is -2.23. The first-order chi connectivity index (χ1) is 19.1. The Bertz CT molecular complexity index is 1700. The SMILES string of the molecule is CCOC(=O)C1=c2/c(=C/c3cccc([N+](=O)[O-])c3)c(N)c(C(=O)OCC)n2C(=O)[C@H](c2cccc([N+](=O)[O-])c2)S1. The number of nitro groups is 2. The monoisotopic (exact) mass is 566 g/mol. The van der Waals surface area contributed by atoms with E-state index in [1.54, 1.807) is 19.9 Å². The zero-order chi connectivity index (χ0) is 29.1. The number of ether oxygens (including phenoxy) is 2. The van der Waals surface area contributed by atoms with Crippen LogP contribution in [0.5, 0.6) is 0 Å². The second-order valence-electron chi connectivity index (χ2n) is 8.31. The van der Waals surface area contributed by atoms with E-state index in [4.69, 9.17) is 15.2 Å². The molecule has 1 aliphatic heterocycles. The molecule has 0 radical (unpaired) electrons. The maximum absolute atomic E-state index is 14.0. The van der Waals surface area contributed by atoms with Crippen LogP contribution in [0, 0.1) is 20.2 Å². The highest BCUT2D eigenvalue weighted by molar-refractivity contribution is 8.10. The average molecular weight is 567 g/mol. The first-order valence-electron chi connectivity index (χ1n) is 11.9. The molecule has 1 atom stereocenters. The van der Waals surface area contributed by atoms with Gasteiger partial charge in [-0.25, -0.2) is 9.59 Å². The number of thioether (sulfide) groups is 1. The van der Waals surface area contributed by atoms with Gasteiger partial charge in [0.05, 0.1) is 34.1 Å². The highest BCUT2D eigenvalue weighted by atomic mass is 32.2. The number of non-ortho nitro benzene ring substituents is 2. The van der Waals surface area contributed by atoms with Crippen LogP contribution in [0.25, 0.3) is 11.0 Å².